The molecule has 3 nitrogen and oxygen atoms in total. The standard InChI is InChI=1S/C9H17NO2/c11-7-2-1-6-9(12)10-8-4-3-5-8/h8,11H,1-7H2,(H,10,12). The van der Waals surface area contributed by atoms with Gasteiger partial charge in [0.25, 0.3) is 0 Å². The van der Waals surface area contributed by atoms with E-state index in [4.69, 9.17) is 5.11 Å². The minimum absolute atomic E-state index is 0.146. The molecule has 0 saturated heterocycles. The zero-order chi connectivity index (χ0) is 8.81. The van der Waals surface area contributed by atoms with Crippen molar-refractivity contribution in [3.63, 3.8) is 0 Å². The SMILES string of the molecule is O=C(CCCCO)NC1CCC1. The Balaban J connectivity index is 1.95. The smallest absolute Gasteiger partial charge is 0.220 e. The summed E-state index contributed by atoms with van der Waals surface area (Å²) in [5.74, 6) is 0.146. The summed E-state index contributed by atoms with van der Waals surface area (Å²) in [6, 6.07) is 0.451. The molecule has 1 fully saturated rings. The van der Waals surface area contributed by atoms with E-state index in [2.05, 4.69) is 5.32 Å². The lowest BCUT2D eigenvalue weighted by Crippen LogP contribution is -2.39. The molecule has 0 spiro atoms. The van der Waals surface area contributed by atoms with Crippen LogP contribution in [0.4, 0.5) is 0 Å². The molecule has 70 valence electrons. The van der Waals surface area contributed by atoms with Crippen LogP contribution in [-0.4, -0.2) is 23.7 Å². The lowest BCUT2D eigenvalue weighted by molar-refractivity contribution is -0.122. The van der Waals surface area contributed by atoms with Crippen LogP contribution in [0.15, 0.2) is 0 Å². The first-order chi connectivity index (χ1) is 5.83. The monoisotopic (exact) mass is 171 g/mol. The highest BCUT2D eigenvalue weighted by Gasteiger charge is 2.18. The largest absolute Gasteiger partial charge is 0.396 e. The summed E-state index contributed by atoms with van der Waals surface area (Å²) in [5, 5.41) is 11.4. The fourth-order valence-electron chi connectivity index (χ4n) is 1.25. The number of rotatable bonds is 5. The van der Waals surface area contributed by atoms with E-state index in [9.17, 15) is 4.79 Å². The van der Waals surface area contributed by atoms with Crippen molar-refractivity contribution in [3.05, 3.63) is 0 Å². The van der Waals surface area contributed by atoms with Crippen LogP contribution in [0.25, 0.3) is 0 Å². The molecule has 0 aliphatic heterocycles. The molecule has 1 amide bonds. The van der Waals surface area contributed by atoms with Gasteiger partial charge in [-0.3, -0.25) is 4.79 Å². The van der Waals surface area contributed by atoms with Crippen LogP contribution >= 0.6 is 0 Å². The number of hydrogen-bond acceptors (Lipinski definition) is 2. The second kappa shape index (κ2) is 5.14. The van der Waals surface area contributed by atoms with E-state index < -0.39 is 0 Å². The van der Waals surface area contributed by atoms with Gasteiger partial charge in [0, 0.05) is 19.1 Å². The second-order valence-electron chi connectivity index (χ2n) is 3.38. The summed E-state index contributed by atoms with van der Waals surface area (Å²) in [6.45, 7) is 0.191. The number of aliphatic hydroxyl groups is 1. The van der Waals surface area contributed by atoms with Gasteiger partial charge in [0.1, 0.15) is 0 Å². The molecule has 0 atom stereocenters. The van der Waals surface area contributed by atoms with Crippen molar-refractivity contribution in [2.45, 2.75) is 44.6 Å². The van der Waals surface area contributed by atoms with Gasteiger partial charge >= 0.3 is 0 Å². The average Bonchev–Trinajstić information content (AvgIpc) is 1.98. The molecule has 2 N–H and O–H groups in total. The fraction of sp³-hybridized carbons (Fsp3) is 0.889. The highest BCUT2D eigenvalue weighted by Crippen LogP contribution is 2.18. The lowest BCUT2D eigenvalue weighted by Gasteiger charge is -2.26. The summed E-state index contributed by atoms with van der Waals surface area (Å²) in [6.07, 6.45) is 5.64. The Kier molecular flexibility index (Phi) is 4.08. The highest BCUT2D eigenvalue weighted by molar-refractivity contribution is 5.76. The molecular formula is C9H17NO2. The highest BCUT2D eigenvalue weighted by atomic mass is 16.2. The number of unbranched alkanes of at least 4 members (excludes halogenated alkanes) is 1. The van der Waals surface area contributed by atoms with E-state index in [1.807, 2.05) is 0 Å². The average molecular weight is 171 g/mol. The Morgan fingerprint density at radius 2 is 2.17 bits per heavy atom. The first-order valence-corrected chi connectivity index (χ1v) is 4.73. The van der Waals surface area contributed by atoms with Gasteiger partial charge in [-0.25, -0.2) is 0 Å². The van der Waals surface area contributed by atoms with Crippen LogP contribution in [0.5, 0.6) is 0 Å². The normalized spacial score (nSPS) is 17.1. The van der Waals surface area contributed by atoms with Crippen molar-refractivity contribution in [2.24, 2.45) is 0 Å². The third-order valence-corrected chi connectivity index (χ3v) is 2.28. The van der Waals surface area contributed by atoms with Gasteiger partial charge in [-0.05, 0) is 32.1 Å². The minimum atomic E-state index is 0.146. The van der Waals surface area contributed by atoms with E-state index in [0.29, 0.717) is 12.5 Å². The van der Waals surface area contributed by atoms with E-state index in [1.165, 1.54) is 6.42 Å². The number of aliphatic hydroxyl groups excluding tert-OH is 1. The molecule has 0 bridgehead atoms. The molecular weight excluding hydrogens is 154 g/mol. The maximum absolute atomic E-state index is 11.1. The predicted octanol–water partition coefficient (Wildman–Crippen LogP) is 0.818. The summed E-state index contributed by atoms with van der Waals surface area (Å²) < 4.78 is 0. The van der Waals surface area contributed by atoms with Crippen LogP contribution in [0.3, 0.4) is 0 Å². The molecule has 1 aliphatic carbocycles. The molecule has 0 radical (unpaired) electrons. The van der Waals surface area contributed by atoms with Gasteiger partial charge in [0.15, 0.2) is 0 Å². The van der Waals surface area contributed by atoms with E-state index in [1.54, 1.807) is 0 Å². The van der Waals surface area contributed by atoms with Crippen LogP contribution < -0.4 is 5.32 Å². The van der Waals surface area contributed by atoms with Crippen molar-refractivity contribution in [1.29, 1.82) is 0 Å². The third kappa shape index (κ3) is 3.22. The van der Waals surface area contributed by atoms with E-state index in [0.717, 1.165) is 25.7 Å². The quantitative estimate of drug-likeness (QED) is 0.602. The Bertz CT molecular complexity index is 143. The van der Waals surface area contributed by atoms with Crippen LogP contribution in [0.2, 0.25) is 0 Å². The maximum Gasteiger partial charge on any atom is 0.220 e. The molecule has 1 aliphatic rings. The molecule has 0 unspecified atom stereocenters. The number of carbonyl (C=O) groups is 1. The van der Waals surface area contributed by atoms with E-state index in [-0.39, 0.29) is 12.5 Å². The minimum Gasteiger partial charge on any atom is -0.396 e. The van der Waals surface area contributed by atoms with Gasteiger partial charge in [-0.1, -0.05) is 0 Å². The third-order valence-electron chi connectivity index (χ3n) is 2.28. The zero-order valence-corrected chi connectivity index (χ0v) is 7.38. The van der Waals surface area contributed by atoms with Gasteiger partial charge in [0.05, 0.1) is 0 Å². The summed E-state index contributed by atoms with van der Waals surface area (Å²) in [7, 11) is 0. The molecule has 0 aromatic rings. The van der Waals surface area contributed by atoms with Gasteiger partial charge in [-0.15, -0.1) is 0 Å². The van der Waals surface area contributed by atoms with Gasteiger partial charge < -0.3 is 10.4 Å². The van der Waals surface area contributed by atoms with Gasteiger partial charge in [-0.2, -0.15) is 0 Å². The van der Waals surface area contributed by atoms with Gasteiger partial charge in [0.2, 0.25) is 5.91 Å². The number of carbonyl (C=O) groups excluding carboxylic acids is 1. The number of amides is 1. The predicted molar refractivity (Wildman–Crippen MR) is 46.7 cm³/mol. The topological polar surface area (TPSA) is 49.3 Å². The molecule has 0 aromatic heterocycles. The number of hydrogen-bond donors (Lipinski definition) is 2. The lowest BCUT2D eigenvalue weighted by atomic mass is 9.93. The fourth-order valence-corrected chi connectivity index (χ4v) is 1.25. The Labute approximate surface area is 73.2 Å². The first kappa shape index (κ1) is 9.52. The van der Waals surface area contributed by atoms with Crippen molar-refractivity contribution in [2.75, 3.05) is 6.61 Å². The molecule has 0 heterocycles. The molecule has 3 heteroatoms. The van der Waals surface area contributed by atoms with Crippen LogP contribution in [-0.2, 0) is 4.79 Å². The first-order valence-electron chi connectivity index (χ1n) is 4.73. The zero-order valence-electron chi connectivity index (χ0n) is 7.38. The van der Waals surface area contributed by atoms with Crippen molar-refractivity contribution >= 4 is 5.91 Å². The second-order valence-corrected chi connectivity index (χ2v) is 3.38. The number of nitrogens with one attached hydrogen (secondary N) is 1. The van der Waals surface area contributed by atoms with Crippen LogP contribution in [0.1, 0.15) is 38.5 Å². The Morgan fingerprint density at radius 3 is 2.67 bits per heavy atom. The molecule has 1 rings (SSSR count). The van der Waals surface area contributed by atoms with E-state index >= 15 is 0 Å². The van der Waals surface area contributed by atoms with Crippen molar-refractivity contribution in [3.8, 4) is 0 Å². The molecule has 12 heavy (non-hydrogen) atoms. The Morgan fingerprint density at radius 1 is 1.42 bits per heavy atom. The summed E-state index contributed by atoms with van der Waals surface area (Å²) >= 11 is 0. The Hall–Kier alpha value is -0.570. The van der Waals surface area contributed by atoms with Crippen molar-refractivity contribution < 1.29 is 9.90 Å². The molecule has 1 saturated carbocycles. The van der Waals surface area contributed by atoms with Crippen molar-refractivity contribution in [1.82, 2.24) is 5.32 Å². The molecule has 0 aromatic carbocycles. The maximum atomic E-state index is 11.1. The summed E-state index contributed by atoms with van der Waals surface area (Å²) in [5.41, 5.74) is 0. The van der Waals surface area contributed by atoms with Crippen LogP contribution in [0, 0.1) is 0 Å². The summed E-state index contributed by atoms with van der Waals surface area (Å²) in [4.78, 5) is 11.1.